The van der Waals surface area contributed by atoms with Crippen molar-refractivity contribution in [1.82, 2.24) is 20.3 Å². The number of benzene rings is 1. The van der Waals surface area contributed by atoms with Crippen LogP contribution in [0.5, 0.6) is 0 Å². The van der Waals surface area contributed by atoms with Crippen LogP contribution in [0.4, 0.5) is 10.1 Å². The molecule has 4 rings (SSSR count). The van der Waals surface area contributed by atoms with Gasteiger partial charge in [0, 0.05) is 42.5 Å². The predicted octanol–water partition coefficient (Wildman–Crippen LogP) is 5.33. The molecule has 0 aliphatic carbocycles. The van der Waals surface area contributed by atoms with Crippen LogP contribution in [0.15, 0.2) is 73.2 Å². The van der Waals surface area contributed by atoms with Gasteiger partial charge in [-0.2, -0.15) is 0 Å². The van der Waals surface area contributed by atoms with Crippen LogP contribution in [-0.4, -0.2) is 33.8 Å². The van der Waals surface area contributed by atoms with E-state index in [0.29, 0.717) is 22.6 Å². The van der Waals surface area contributed by atoms with E-state index in [-0.39, 0.29) is 17.5 Å². The van der Waals surface area contributed by atoms with Crippen molar-refractivity contribution < 1.29 is 14.0 Å². The van der Waals surface area contributed by atoms with Gasteiger partial charge in [-0.3, -0.25) is 24.5 Å². The number of anilines is 1. The molecule has 3 heterocycles. The summed E-state index contributed by atoms with van der Waals surface area (Å²) < 4.78 is 14.3. The van der Waals surface area contributed by atoms with E-state index in [1.54, 1.807) is 37.6 Å². The fourth-order valence-electron chi connectivity index (χ4n) is 3.70. The van der Waals surface area contributed by atoms with Gasteiger partial charge in [0.1, 0.15) is 11.4 Å². The minimum atomic E-state index is -1.65. The molecule has 0 fully saturated rings. The normalized spacial score (nSPS) is 11.1. The average Bonchev–Trinajstić information content (AvgIpc) is 2.89. The molecule has 0 spiro atoms. The van der Waals surface area contributed by atoms with Gasteiger partial charge in [0.25, 0.3) is 11.8 Å². The van der Waals surface area contributed by atoms with Crippen molar-refractivity contribution in [2.24, 2.45) is 0 Å². The van der Waals surface area contributed by atoms with E-state index in [0.717, 1.165) is 22.3 Å². The van der Waals surface area contributed by atoms with E-state index in [2.05, 4.69) is 25.6 Å². The van der Waals surface area contributed by atoms with Gasteiger partial charge in [-0.1, -0.05) is 6.07 Å². The highest BCUT2D eigenvalue weighted by molar-refractivity contribution is 6.04. The summed E-state index contributed by atoms with van der Waals surface area (Å²) in [6.45, 7) is 4.76. The molecule has 3 aromatic heterocycles. The number of rotatable bonds is 6. The topological polar surface area (TPSA) is 96.9 Å². The molecule has 2 N–H and O–H groups in total. The molecular formula is C28H26FN5O2. The summed E-state index contributed by atoms with van der Waals surface area (Å²) >= 11 is 0. The van der Waals surface area contributed by atoms with Crippen molar-refractivity contribution in [3.8, 4) is 22.4 Å². The number of alkyl halides is 1. The van der Waals surface area contributed by atoms with Crippen molar-refractivity contribution in [2.75, 3.05) is 12.4 Å². The molecular weight excluding hydrogens is 457 g/mol. The smallest absolute Gasteiger partial charge is 0.269 e. The first-order valence-electron chi connectivity index (χ1n) is 11.4. The Balaban J connectivity index is 1.63. The summed E-state index contributed by atoms with van der Waals surface area (Å²) in [7, 11) is 1.56. The van der Waals surface area contributed by atoms with E-state index in [9.17, 15) is 14.0 Å². The first-order chi connectivity index (χ1) is 17.2. The molecule has 1 aromatic carbocycles. The Morgan fingerprint density at radius 3 is 2.25 bits per heavy atom. The fourth-order valence-corrected chi connectivity index (χ4v) is 3.70. The molecule has 0 aliphatic heterocycles. The number of amides is 2. The minimum Gasteiger partial charge on any atom is -0.354 e. The van der Waals surface area contributed by atoms with Crippen molar-refractivity contribution in [3.63, 3.8) is 0 Å². The standard InChI is InChI=1S/C28H26FN5O2/c1-17-5-6-21(34-26(35)20-9-12-33-25(15-20)28(2,3)29)16-22(17)23-13-18(7-10-31-23)19-8-11-32-24(14-19)27(36)30-4/h5-16H,1-4H3,(H,30,36)(H,34,35). The van der Waals surface area contributed by atoms with Crippen LogP contribution in [0.3, 0.4) is 0 Å². The first kappa shape index (κ1) is 24.7. The maximum Gasteiger partial charge on any atom is 0.269 e. The van der Waals surface area contributed by atoms with E-state index in [1.807, 2.05) is 37.3 Å². The molecule has 0 saturated heterocycles. The fraction of sp³-hybridized carbons (Fsp3) is 0.179. The monoisotopic (exact) mass is 483 g/mol. The Hall–Kier alpha value is -4.46. The number of nitrogens with zero attached hydrogens (tertiary/aromatic N) is 3. The highest BCUT2D eigenvalue weighted by atomic mass is 19.1. The van der Waals surface area contributed by atoms with E-state index >= 15 is 0 Å². The van der Waals surface area contributed by atoms with Crippen LogP contribution in [0.1, 0.15) is 46.0 Å². The molecule has 0 aliphatic rings. The third-order valence-corrected chi connectivity index (χ3v) is 5.72. The molecule has 36 heavy (non-hydrogen) atoms. The maximum absolute atomic E-state index is 14.3. The molecule has 0 saturated carbocycles. The van der Waals surface area contributed by atoms with Gasteiger partial charge in [-0.05, 0) is 86.0 Å². The van der Waals surface area contributed by atoms with Crippen LogP contribution in [-0.2, 0) is 5.67 Å². The summed E-state index contributed by atoms with van der Waals surface area (Å²) in [6.07, 6.45) is 4.72. The third-order valence-electron chi connectivity index (χ3n) is 5.72. The zero-order chi connectivity index (χ0) is 25.9. The number of carbonyl (C=O) groups is 2. The molecule has 0 unspecified atom stereocenters. The molecule has 7 nitrogen and oxygen atoms in total. The number of aromatic nitrogens is 3. The van der Waals surface area contributed by atoms with Crippen LogP contribution < -0.4 is 10.6 Å². The highest BCUT2D eigenvalue weighted by Crippen LogP contribution is 2.29. The van der Waals surface area contributed by atoms with E-state index < -0.39 is 5.67 Å². The van der Waals surface area contributed by atoms with Gasteiger partial charge >= 0.3 is 0 Å². The van der Waals surface area contributed by atoms with E-state index in [4.69, 9.17) is 0 Å². The number of nitrogens with one attached hydrogen (secondary N) is 2. The summed E-state index contributed by atoms with van der Waals surface area (Å²) in [5, 5.41) is 5.46. The second-order valence-electron chi connectivity index (χ2n) is 8.82. The van der Waals surface area contributed by atoms with E-state index in [1.165, 1.54) is 26.1 Å². The third kappa shape index (κ3) is 5.43. The lowest BCUT2D eigenvalue weighted by atomic mass is 10.00. The molecule has 0 atom stereocenters. The van der Waals surface area contributed by atoms with Gasteiger partial charge in [0.15, 0.2) is 0 Å². The number of pyridine rings is 3. The SMILES string of the molecule is CNC(=O)c1cc(-c2ccnc(-c3cc(NC(=O)c4ccnc(C(C)(C)F)c4)ccc3C)c2)ccn1. The quantitative estimate of drug-likeness (QED) is 0.386. The number of hydrogen-bond acceptors (Lipinski definition) is 5. The van der Waals surface area contributed by atoms with Crippen molar-refractivity contribution in [1.29, 1.82) is 0 Å². The van der Waals surface area contributed by atoms with Crippen molar-refractivity contribution >= 4 is 17.5 Å². The number of halogens is 1. The summed E-state index contributed by atoms with van der Waals surface area (Å²) in [4.78, 5) is 37.5. The van der Waals surface area contributed by atoms with Gasteiger partial charge in [0.05, 0.1) is 11.4 Å². The lowest BCUT2D eigenvalue weighted by molar-refractivity contribution is 0.0957. The Morgan fingerprint density at radius 2 is 1.53 bits per heavy atom. The molecule has 8 heteroatoms. The zero-order valence-corrected chi connectivity index (χ0v) is 20.5. The van der Waals surface area contributed by atoms with Crippen LogP contribution in [0, 0.1) is 6.92 Å². The van der Waals surface area contributed by atoms with Crippen molar-refractivity contribution in [2.45, 2.75) is 26.4 Å². The summed E-state index contributed by atoms with van der Waals surface area (Å²) in [5.74, 6) is -0.625. The minimum absolute atomic E-state index is 0.191. The van der Waals surface area contributed by atoms with Gasteiger partial charge in [-0.15, -0.1) is 0 Å². The highest BCUT2D eigenvalue weighted by Gasteiger charge is 2.22. The maximum atomic E-state index is 14.3. The molecule has 2 amide bonds. The second kappa shape index (κ2) is 10.0. The largest absolute Gasteiger partial charge is 0.354 e. The molecule has 0 bridgehead atoms. The van der Waals surface area contributed by atoms with Gasteiger partial charge < -0.3 is 10.6 Å². The molecule has 182 valence electrons. The lowest BCUT2D eigenvalue weighted by Crippen LogP contribution is -2.19. The Labute approximate surface area is 208 Å². The first-order valence-corrected chi connectivity index (χ1v) is 11.4. The Bertz CT molecular complexity index is 1450. The van der Waals surface area contributed by atoms with Crippen molar-refractivity contribution in [3.05, 3.63) is 95.7 Å². The molecule has 4 aromatic rings. The molecule has 0 radical (unpaired) electrons. The lowest BCUT2D eigenvalue weighted by Gasteiger charge is -2.14. The predicted molar refractivity (Wildman–Crippen MR) is 137 cm³/mol. The number of carbonyl (C=O) groups excluding carboxylic acids is 2. The summed E-state index contributed by atoms with van der Waals surface area (Å²) in [5.41, 5.74) is 4.00. The van der Waals surface area contributed by atoms with Crippen LogP contribution >= 0.6 is 0 Å². The summed E-state index contributed by atoms with van der Waals surface area (Å²) in [6, 6.07) is 15.9. The van der Waals surface area contributed by atoms with Gasteiger partial charge in [0.2, 0.25) is 0 Å². The Morgan fingerprint density at radius 1 is 0.833 bits per heavy atom. The van der Waals surface area contributed by atoms with Crippen LogP contribution in [0.25, 0.3) is 22.4 Å². The Kier molecular flexibility index (Phi) is 6.87. The average molecular weight is 484 g/mol. The van der Waals surface area contributed by atoms with Gasteiger partial charge in [-0.25, -0.2) is 4.39 Å². The van der Waals surface area contributed by atoms with Crippen LogP contribution in [0.2, 0.25) is 0 Å². The zero-order valence-electron chi connectivity index (χ0n) is 20.5. The number of hydrogen-bond donors (Lipinski definition) is 2. The number of aryl methyl sites for hydroxylation is 1. The second-order valence-corrected chi connectivity index (χ2v) is 8.82.